The highest BCUT2D eigenvalue weighted by atomic mass is 19.1. The minimum absolute atomic E-state index is 0.126. The second-order valence-electron chi connectivity index (χ2n) is 7.94. The van der Waals surface area contributed by atoms with E-state index in [1.54, 1.807) is 17.0 Å². The molecule has 28 heavy (non-hydrogen) atoms. The summed E-state index contributed by atoms with van der Waals surface area (Å²) in [6.07, 6.45) is 4.03. The molecule has 4 nitrogen and oxygen atoms in total. The highest BCUT2D eigenvalue weighted by molar-refractivity contribution is 5.99. The zero-order valence-corrected chi connectivity index (χ0v) is 15.9. The summed E-state index contributed by atoms with van der Waals surface area (Å²) in [7, 11) is 0. The van der Waals surface area contributed by atoms with Crippen LogP contribution in [0.3, 0.4) is 0 Å². The first kappa shape index (κ1) is 18.9. The number of ether oxygens (including phenoxy) is 1. The molecule has 0 radical (unpaired) electrons. The molecule has 1 aliphatic heterocycles. The molecular weight excluding hydrogens is 357 g/mol. The molecule has 0 aromatic heterocycles. The fraction of sp³-hybridized carbons (Fsp3) is 0.435. The number of benzene rings is 2. The largest absolute Gasteiger partial charge is 0.486 e. The molecule has 2 aromatic rings. The van der Waals surface area contributed by atoms with Gasteiger partial charge in [-0.1, -0.05) is 36.4 Å². The summed E-state index contributed by atoms with van der Waals surface area (Å²) in [6, 6.07) is 13.0. The third kappa shape index (κ3) is 3.90. The van der Waals surface area contributed by atoms with Gasteiger partial charge in [0.25, 0.3) is 5.91 Å². The summed E-state index contributed by atoms with van der Waals surface area (Å²) >= 11 is 0. The number of amides is 1. The summed E-state index contributed by atoms with van der Waals surface area (Å²) in [5, 5.41) is 9.28. The molecule has 0 bridgehead atoms. The molecular formula is C23H26FNO3. The zero-order chi connectivity index (χ0) is 19.5. The first-order valence-corrected chi connectivity index (χ1v) is 10.0. The van der Waals surface area contributed by atoms with Crippen LogP contribution in [0, 0.1) is 17.7 Å². The van der Waals surface area contributed by atoms with Gasteiger partial charge in [0.2, 0.25) is 0 Å². The van der Waals surface area contributed by atoms with E-state index in [4.69, 9.17) is 4.74 Å². The molecule has 0 spiro atoms. The number of rotatable bonds is 6. The topological polar surface area (TPSA) is 49.8 Å². The monoisotopic (exact) mass is 383 g/mol. The maximum Gasteiger partial charge on any atom is 0.257 e. The van der Waals surface area contributed by atoms with Gasteiger partial charge in [-0.25, -0.2) is 4.39 Å². The molecule has 2 aliphatic rings. The Labute approximate surface area is 164 Å². The van der Waals surface area contributed by atoms with Gasteiger partial charge in [0.15, 0.2) is 11.6 Å². The van der Waals surface area contributed by atoms with Crippen molar-refractivity contribution in [1.29, 1.82) is 0 Å². The van der Waals surface area contributed by atoms with Gasteiger partial charge in [0, 0.05) is 19.7 Å². The highest BCUT2D eigenvalue weighted by Gasteiger charge is 2.34. The Bertz CT molecular complexity index is 831. The lowest BCUT2D eigenvalue weighted by atomic mass is 9.82. The predicted octanol–water partition coefficient (Wildman–Crippen LogP) is 4.16. The normalized spacial score (nSPS) is 21.6. The fourth-order valence-electron chi connectivity index (χ4n) is 4.30. The minimum atomic E-state index is -0.551. The molecule has 2 aromatic carbocycles. The van der Waals surface area contributed by atoms with Gasteiger partial charge in [0.1, 0.15) is 6.61 Å². The van der Waals surface area contributed by atoms with E-state index in [0.717, 1.165) is 36.8 Å². The third-order valence-electron chi connectivity index (χ3n) is 6.00. The van der Waals surface area contributed by atoms with E-state index in [0.29, 0.717) is 24.9 Å². The standard InChI is InChI=1S/C23H26FNO3/c24-22-20(28-15-18-4-2-1-3-5-18)11-10-19-13-25(23(27)21(19)22)12-16-6-8-17(14-26)9-7-16/h1-5,10-11,16-17,26H,6-9,12-15H2. The lowest BCUT2D eigenvalue weighted by Crippen LogP contribution is -2.32. The van der Waals surface area contributed by atoms with Crippen molar-refractivity contribution in [1.82, 2.24) is 4.90 Å². The van der Waals surface area contributed by atoms with Crippen molar-refractivity contribution < 1.29 is 19.0 Å². The molecule has 4 rings (SSSR count). The maximum atomic E-state index is 15.0. The summed E-state index contributed by atoms with van der Waals surface area (Å²) in [5.41, 5.74) is 1.85. The molecule has 148 valence electrons. The first-order valence-electron chi connectivity index (χ1n) is 10.0. The molecule has 1 heterocycles. The van der Waals surface area contributed by atoms with Crippen LogP contribution in [-0.2, 0) is 13.2 Å². The second-order valence-corrected chi connectivity index (χ2v) is 7.94. The molecule has 5 heteroatoms. The first-order chi connectivity index (χ1) is 13.7. The maximum absolute atomic E-state index is 15.0. The van der Waals surface area contributed by atoms with E-state index in [9.17, 15) is 14.3 Å². The van der Waals surface area contributed by atoms with E-state index in [1.165, 1.54) is 0 Å². The molecule has 1 aliphatic carbocycles. The van der Waals surface area contributed by atoms with Gasteiger partial charge in [-0.2, -0.15) is 0 Å². The van der Waals surface area contributed by atoms with E-state index in [2.05, 4.69) is 0 Å². The van der Waals surface area contributed by atoms with Gasteiger partial charge in [-0.3, -0.25) is 4.79 Å². The summed E-state index contributed by atoms with van der Waals surface area (Å²) in [5.74, 6) is 0.163. The number of aliphatic hydroxyl groups is 1. The van der Waals surface area contributed by atoms with Crippen LogP contribution in [0.1, 0.15) is 47.2 Å². The number of aliphatic hydroxyl groups excluding tert-OH is 1. The van der Waals surface area contributed by atoms with Crippen molar-refractivity contribution in [2.24, 2.45) is 11.8 Å². The van der Waals surface area contributed by atoms with Crippen molar-refractivity contribution in [2.75, 3.05) is 13.2 Å². The van der Waals surface area contributed by atoms with Crippen LogP contribution in [0.2, 0.25) is 0 Å². The Morgan fingerprint density at radius 2 is 1.75 bits per heavy atom. The van der Waals surface area contributed by atoms with Crippen molar-refractivity contribution in [3.05, 3.63) is 65.0 Å². The van der Waals surface area contributed by atoms with Gasteiger partial charge in [0.05, 0.1) is 5.56 Å². The van der Waals surface area contributed by atoms with Crippen LogP contribution in [0.15, 0.2) is 42.5 Å². The molecule has 1 amide bonds. The fourth-order valence-corrected chi connectivity index (χ4v) is 4.30. The van der Waals surface area contributed by atoms with E-state index in [-0.39, 0.29) is 30.4 Å². The zero-order valence-electron chi connectivity index (χ0n) is 15.9. The predicted molar refractivity (Wildman–Crippen MR) is 104 cm³/mol. The van der Waals surface area contributed by atoms with Gasteiger partial charge in [-0.15, -0.1) is 0 Å². The minimum Gasteiger partial charge on any atom is -0.486 e. The van der Waals surface area contributed by atoms with Crippen molar-refractivity contribution >= 4 is 5.91 Å². The van der Waals surface area contributed by atoms with E-state index >= 15 is 0 Å². The number of nitrogens with zero attached hydrogens (tertiary/aromatic N) is 1. The average Bonchev–Trinajstić information content (AvgIpc) is 3.05. The lowest BCUT2D eigenvalue weighted by Gasteiger charge is -2.30. The van der Waals surface area contributed by atoms with Crippen molar-refractivity contribution in [3.8, 4) is 5.75 Å². The van der Waals surface area contributed by atoms with Crippen molar-refractivity contribution in [3.63, 3.8) is 0 Å². The number of hydrogen-bond acceptors (Lipinski definition) is 3. The molecule has 0 unspecified atom stereocenters. The molecule has 1 fully saturated rings. The van der Waals surface area contributed by atoms with Gasteiger partial charge >= 0.3 is 0 Å². The lowest BCUT2D eigenvalue weighted by molar-refractivity contribution is 0.0714. The third-order valence-corrected chi connectivity index (χ3v) is 6.00. The Morgan fingerprint density at radius 1 is 1.04 bits per heavy atom. The van der Waals surface area contributed by atoms with Crippen LogP contribution in [-0.4, -0.2) is 29.1 Å². The van der Waals surface area contributed by atoms with Crippen molar-refractivity contribution in [2.45, 2.75) is 38.8 Å². The SMILES string of the molecule is O=C1c2c(ccc(OCc3ccccc3)c2F)CN1CC1CCC(CO)CC1. The number of carbonyl (C=O) groups is 1. The Balaban J connectivity index is 1.42. The second kappa shape index (κ2) is 8.31. The number of halogens is 1. The van der Waals surface area contributed by atoms with Crippen LogP contribution < -0.4 is 4.74 Å². The Kier molecular flexibility index (Phi) is 5.62. The molecule has 0 atom stereocenters. The van der Waals surface area contributed by atoms with E-state index < -0.39 is 5.82 Å². The summed E-state index contributed by atoms with van der Waals surface area (Å²) in [4.78, 5) is 14.6. The van der Waals surface area contributed by atoms with Crippen LogP contribution in [0.5, 0.6) is 5.75 Å². The number of fused-ring (bicyclic) bond motifs is 1. The van der Waals surface area contributed by atoms with Gasteiger partial charge < -0.3 is 14.7 Å². The number of carbonyl (C=O) groups excluding carboxylic acids is 1. The van der Waals surface area contributed by atoms with Crippen LogP contribution >= 0.6 is 0 Å². The Morgan fingerprint density at radius 3 is 2.46 bits per heavy atom. The molecule has 1 saturated carbocycles. The quantitative estimate of drug-likeness (QED) is 0.815. The summed E-state index contributed by atoms with van der Waals surface area (Å²) < 4.78 is 20.6. The average molecular weight is 383 g/mol. The Hall–Kier alpha value is -2.40. The summed E-state index contributed by atoms with van der Waals surface area (Å²) in [6.45, 7) is 1.63. The number of hydrogen-bond donors (Lipinski definition) is 1. The smallest absolute Gasteiger partial charge is 0.257 e. The van der Waals surface area contributed by atoms with E-state index in [1.807, 2.05) is 30.3 Å². The molecule has 1 N–H and O–H groups in total. The van der Waals surface area contributed by atoms with Crippen LogP contribution in [0.4, 0.5) is 4.39 Å². The molecule has 0 saturated heterocycles. The highest BCUT2D eigenvalue weighted by Crippen LogP contribution is 2.34. The van der Waals surface area contributed by atoms with Crippen LogP contribution in [0.25, 0.3) is 0 Å². The van der Waals surface area contributed by atoms with Gasteiger partial charge in [-0.05, 0) is 54.7 Å².